The SMILES string of the molecule is O=C(NCCCN(C(=O)O)c1ccc(S(=O)O)cc1)c1ccc(F)cc1. The zero-order valence-electron chi connectivity index (χ0n) is 13.6. The summed E-state index contributed by atoms with van der Waals surface area (Å²) in [7, 11) is 0. The average Bonchev–Trinajstić information content (AvgIpc) is 2.62. The minimum atomic E-state index is -2.13. The summed E-state index contributed by atoms with van der Waals surface area (Å²) in [5.41, 5.74) is 0.672. The van der Waals surface area contributed by atoms with Crippen LogP contribution in [-0.4, -0.2) is 39.0 Å². The summed E-state index contributed by atoms with van der Waals surface area (Å²) < 4.78 is 32.8. The lowest BCUT2D eigenvalue weighted by atomic mass is 10.2. The number of hydrogen-bond donors (Lipinski definition) is 3. The van der Waals surface area contributed by atoms with E-state index in [1.807, 2.05) is 0 Å². The summed E-state index contributed by atoms with van der Waals surface area (Å²) in [6.45, 7) is 0.360. The highest BCUT2D eigenvalue weighted by Gasteiger charge is 2.14. The van der Waals surface area contributed by atoms with E-state index in [2.05, 4.69) is 5.32 Å². The molecular weight excluding hydrogens is 363 g/mol. The van der Waals surface area contributed by atoms with Crippen molar-refractivity contribution >= 4 is 28.8 Å². The lowest BCUT2D eigenvalue weighted by Crippen LogP contribution is -2.33. The van der Waals surface area contributed by atoms with Gasteiger partial charge in [-0.05, 0) is 55.0 Å². The highest BCUT2D eigenvalue weighted by Crippen LogP contribution is 2.17. The smallest absolute Gasteiger partial charge is 0.411 e. The van der Waals surface area contributed by atoms with Crippen LogP contribution in [0.4, 0.5) is 14.9 Å². The van der Waals surface area contributed by atoms with Crippen molar-refractivity contribution in [3.8, 4) is 0 Å². The van der Waals surface area contributed by atoms with Gasteiger partial charge in [0, 0.05) is 24.3 Å². The normalized spacial score (nSPS) is 11.6. The predicted molar refractivity (Wildman–Crippen MR) is 94.2 cm³/mol. The fourth-order valence-electron chi connectivity index (χ4n) is 2.22. The summed E-state index contributed by atoms with van der Waals surface area (Å²) in [6.07, 6.45) is -0.819. The van der Waals surface area contributed by atoms with Crippen LogP contribution in [-0.2, 0) is 11.1 Å². The summed E-state index contributed by atoms with van der Waals surface area (Å²) in [5.74, 6) is -0.809. The fraction of sp³-hybridized carbons (Fsp3) is 0.176. The van der Waals surface area contributed by atoms with Crippen molar-refractivity contribution < 1.29 is 27.8 Å². The van der Waals surface area contributed by atoms with Crippen LogP contribution in [0.3, 0.4) is 0 Å². The molecule has 0 aliphatic rings. The molecule has 3 N–H and O–H groups in total. The van der Waals surface area contributed by atoms with Crippen LogP contribution >= 0.6 is 0 Å². The van der Waals surface area contributed by atoms with E-state index in [4.69, 9.17) is 4.55 Å². The van der Waals surface area contributed by atoms with Crippen LogP contribution in [0.15, 0.2) is 53.4 Å². The largest absolute Gasteiger partial charge is 0.465 e. The molecule has 1 atom stereocenters. The van der Waals surface area contributed by atoms with E-state index >= 15 is 0 Å². The lowest BCUT2D eigenvalue weighted by Gasteiger charge is -2.19. The van der Waals surface area contributed by atoms with E-state index in [1.54, 1.807) is 0 Å². The molecule has 0 aliphatic carbocycles. The van der Waals surface area contributed by atoms with Gasteiger partial charge in [-0.1, -0.05) is 0 Å². The van der Waals surface area contributed by atoms with Crippen molar-refractivity contribution in [1.82, 2.24) is 5.32 Å². The maximum atomic E-state index is 12.8. The third kappa shape index (κ3) is 5.36. The molecule has 2 aromatic carbocycles. The number of carbonyl (C=O) groups excluding carboxylic acids is 1. The van der Waals surface area contributed by atoms with Crippen LogP contribution in [0, 0.1) is 5.82 Å². The van der Waals surface area contributed by atoms with Gasteiger partial charge in [0.05, 0.1) is 4.90 Å². The number of halogens is 1. The molecule has 0 bridgehead atoms. The Balaban J connectivity index is 1.88. The van der Waals surface area contributed by atoms with E-state index in [9.17, 15) is 23.3 Å². The van der Waals surface area contributed by atoms with Gasteiger partial charge in [0.15, 0.2) is 11.1 Å². The first-order valence-electron chi connectivity index (χ1n) is 7.63. The summed E-state index contributed by atoms with van der Waals surface area (Å²) in [5, 5.41) is 11.9. The van der Waals surface area contributed by atoms with Gasteiger partial charge in [-0.3, -0.25) is 9.69 Å². The Bertz CT molecular complexity index is 796. The molecule has 0 aliphatic heterocycles. The number of benzene rings is 2. The Kier molecular flexibility index (Phi) is 6.81. The minimum Gasteiger partial charge on any atom is -0.465 e. The molecule has 0 fully saturated rings. The number of nitrogens with one attached hydrogen (secondary N) is 1. The zero-order valence-corrected chi connectivity index (χ0v) is 14.4. The quantitative estimate of drug-likeness (QED) is 0.506. The Morgan fingerprint density at radius 3 is 2.23 bits per heavy atom. The Morgan fingerprint density at radius 2 is 1.69 bits per heavy atom. The van der Waals surface area contributed by atoms with E-state index < -0.39 is 23.0 Å². The van der Waals surface area contributed by atoms with Gasteiger partial charge < -0.3 is 15.0 Å². The maximum absolute atomic E-state index is 12.8. The lowest BCUT2D eigenvalue weighted by molar-refractivity contribution is 0.0953. The third-order valence-corrected chi connectivity index (χ3v) is 4.21. The first-order valence-corrected chi connectivity index (χ1v) is 8.74. The molecule has 7 nitrogen and oxygen atoms in total. The first-order chi connectivity index (χ1) is 12.4. The Morgan fingerprint density at radius 1 is 1.08 bits per heavy atom. The van der Waals surface area contributed by atoms with Crippen LogP contribution in [0.25, 0.3) is 0 Å². The molecule has 0 saturated heterocycles. The Hall–Kier alpha value is -2.78. The molecule has 2 rings (SSSR count). The molecule has 0 aromatic heterocycles. The first kappa shape index (κ1) is 19.5. The molecule has 0 spiro atoms. The molecule has 9 heteroatoms. The second-order valence-corrected chi connectivity index (χ2v) is 6.26. The summed E-state index contributed by atoms with van der Waals surface area (Å²) in [4.78, 5) is 24.5. The number of carbonyl (C=O) groups is 2. The molecule has 0 radical (unpaired) electrons. The number of anilines is 1. The van der Waals surface area contributed by atoms with Crippen molar-refractivity contribution in [2.45, 2.75) is 11.3 Å². The van der Waals surface area contributed by atoms with Crippen LogP contribution < -0.4 is 10.2 Å². The van der Waals surface area contributed by atoms with E-state index in [0.29, 0.717) is 17.7 Å². The van der Waals surface area contributed by atoms with Gasteiger partial charge in [-0.2, -0.15) is 0 Å². The van der Waals surface area contributed by atoms with Crippen LogP contribution in [0.5, 0.6) is 0 Å². The molecule has 26 heavy (non-hydrogen) atoms. The molecule has 0 heterocycles. The molecule has 0 saturated carbocycles. The highest BCUT2D eigenvalue weighted by molar-refractivity contribution is 7.79. The topological polar surface area (TPSA) is 107 Å². The van der Waals surface area contributed by atoms with E-state index in [0.717, 1.165) is 4.90 Å². The minimum absolute atomic E-state index is 0.126. The molecule has 1 unspecified atom stereocenters. The third-order valence-electron chi connectivity index (χ3n) is 3.53. The van der Waals surface area contributed by atoms with Crippen molar-refractivity contribution in [1.29, 1.82) is 0 Å². The molecule has 2 amide bonds. The number of hydrogen-bond acceptors (Lipinski definition) is 3. The Labute approximate surface area is 151 Å². The molecule has 2 aromatic rings. The van der Waals surface area contributed by atoms with Crippen molar-refractivity contribution in [3.05, 3.63) is 59.9 Å². The maximum Gasteiger partial charge on any atom is 0.411 e. The van der Waals surface area contributed by atoms with Crippen LogP contribution in [0.1, 0.15) is 16.8 Å². The average molecular weight is 380 g/mol. The van der Waals surface area contributed by atoms with Gasteiger partial charge in [0.1, 0.15) is 5.82 Å². The van der Waals surface area contributed by atoms with Gasteiger partial charge >= 0.3 is 6.09 Å². The second kappa shape index (κ2) is 9.07. The number of carboxylic acid groups (broad SMARTS) is 1. The van der Waals surface area contributed by atoms with Gasteiger partial charge in [-0.15, -0.1) is 0 Å². The van der Waals surface area contributed by atoms with Crippen LogP contribution in [0.2, 0.25) is 0 Å². The summed E-state index contributed by atoms with van der Waals surface area (Å²) in [6, 6.07) is 10.7. The van der Waals surface area contributed by atoms with Gasteiger partial charge in [0.25, 0.3) is 5.91 Å². The highest BCUT2D eigenvalue weighted by atomic mass is 32.2. The summed E-state index contributed by atoms with van der Waals surface area (Å²) >= 11 is -2.13. The molecule has 138 valence electrons. The number of rotatable bonds is 7. The fourth-order valence-corrected chi connectivity index (χ4v) is 2.59. The van der Waals surface area contributed by atoms with Crippen molar-refractivity contribution in [2.24, 2.45) is 0 Å². The van der Waals surface area contributed by atoms with E-state index in [-0.39, 0.29) is 23.9 Å². The van der Waals surface area contributed by atoms with Crippen molar-refractivity contribution in [2.75, 3.05) is 18.0 Å². The second-order valence-electron chi connectivity index (χ2n) is 5.29. The number of nitrogens with zero attached hydrogens (tertiary/aromatic N) is 1. The standard InChI is InChI=1S/C17H17FN2O5S/c18-13-4-2-12(3-5-13)16(21)19-10-1-11-20(17(22)23)14-6-8-15(9-7-14)26(24)25/h2-9H,1,10-11H2,(H,19,21)(H,22,23)(H,24,25). The zero-order chi connectivity index (χ0) is 19.1. The predicted octanol–water partition coefficient (Wildman–Crippen LogP) is 2.71. The van der Waals surface area contributed by atoms with Gasteiger partial charge in [0.2, 0.25) is 0 Å². The van der Waals surface area contributed by atoms with E-state index in [1.165, 1.54) is 48.5 Å². The van der Waals surface area contributed by atoms with Crippen molar-refractivity contribution in [3.63, 3.8) is 0 Å². The number of amides is 2. The molecular formula is C17H17FN2O5S. The van der Waals surface area contributed by atoms with Gasteiger partial charge in [-0.25, -0.2) is 13.4 Å². The monoisotopic (exact) mass is 380 g/mol.